The van der Waals surface area contributed by atoms with Crippen LogP contribution in [0.5, 0.6) is 0 Å². The highest BCUT2D eigenvalue weighted by molar-refractivity contribution is 6.33. The number of amides is 1. The molecule has 0 spiro atoms. The SMILES string of the molecule is CCN(CC)c1ccc(NC(=O)C=Cc2ccc(C(C)(C)C)cc2)cc1Cl. The van der Waals surface area contributed by atoms with E-state index in [2.05, 4.69) is 57.0 Å². The van der Waals surface area contributed by atoms with E-state index in [4.69, 9.17) is 11.6 Å². The van der Waals surface area contributed by atoms with Crippen molar-refractivity contribution in [3.63, 3.8) is 0 Å². The molecule has 0 atom stereocenters. The van der Waals surface area contributed by atoms with Gasteiger partial charge in [-0.1, -0.05) is 56.6 Å². The number of nitrogens with one attached hydrogen (secondary N) is 1. The van der Waals surface area contributed by atoms with E-state index >= 15 is 0 Å². The van der Waals surface area contributed by atoms with Gasteiger partial charge >= 0.3 is 0 Å². The first-order valence-electron chi connectivity index (χ1n) is 9.38. The third kappa shape index (κ3) is 5.86. The minimum absolute atomic E-state index is 0.121. The first-order chi connectivity index (χ1) is 12.7. The van der Waals surface area contributed by atoms with E-state index in [0.29, 0.717) is 10.7 Å². The summed E-state index contributed by atoms with van der Waals surface area (Å²) in [5, 5.41) is 3.50. The summed E-state index contributed by atoms with van der Waals surface area (Å²) in [5.41, 5.74) is 4.05. The summed E-state index contributed by atoms with van der Waals surface area (Å²) < 4.78 is 0. The van der Waals surface area contributed by atoms with Crippen LogP contribution in [-0.2, 0) is 10.2 Å². The van der Waals surface area contributed by atoms with Gasteiger partial charge in [-0.2, -0.15) is 0 Å². The highest BCUT2D eigenvalue weighted by atomic mass is 35.5. The molecule has 2 aromatic rings. The molecule has 0 aromatic heterocycles. The number of benzene rings is 2. The molecule has 0 aliphatic carbocycles. The smallest absolute Gasteiger partial charge is 0.248 e. The second-order valence-electron chi connectivity index (χ2n) is 7.53. The van der Waals surface area contributed by atoms with E-state index < -0.39 is 0 Å². The summed E-state index contributed by atoms with van der Waals surface area (Å²) in [7, 11) is 0. The maximum Gasteiger partial charge on any atom is 0.248 e. The van der Waals surface area contributed by atoms with Gasteiger partial charge in [0.1, 0.15) is 0 Å². The molecule has 0 saturated carbocycles. The molecular formula is C23H29ClN2O. The minimum atomic E-state index is -0.179. The molecule has 0 radical (unpaired) electrons. The van der Waals surface area contributed by atoms with Crippen molar-refractivity contribution in [3.8, 4) is 0 Å². The van der Waals surface area contributed by atoms with E-state index in [1.807, 2.05) is 30.3 Å². The number of hydrogen-bond donors (Lipinski definition) is 1. The van der Waals surface area contributed by atoms with Crippen molar-refractivity contribution in [3.05, 3.63) is 64.7 Å². The molecule has 0 fully saturated rings. The van der Waals surface area contributed by atoms with Crippen molar-refractivity contribution in [2.45, 2.75) is 40.0 Å². The Morgan fingerprint density at radius 2 is 1.70 bits per heavy atom. The van der Waals surface area contributed by atoms with Crippen molar-refractivity contribution < 1.29 is 4.79 Å². The van der Waals surface area contributed by atoms with Gasteiger partial charge in [0.05, 0.1) is 10.7 Å². The molecule has 144 valence electrons. The van der Waals surface area contributed by atoms with E-state index in [1.54, 1.807) is 6.07 Å². The van der Waals surface area contributed by atoms with E-state index in [0.717, 1.165) is 24.3 Å². The highest BCUT2D eigenvalue weighted by Gasteiger charge is 2.12. The molecule has 0 heterocycles. The fourth-order valence-corrected chi connectivity index (χ4v) is 3.16. The lowest BCUT2D eigenvalue weighted by Gasteiger charge is -2.22. The Labute approximate surface area is 168 Å². The van der Waals surface area contributed by atoms with Gasteiger partial charge in [0.25, 0.3) is 0 Å². The second kappa shape index (κ2) is 9.09. The lowest BCUT2D eigenvalue weighted by molar-refractivity contribution is -0.111. The standard InChI is InChI=1S/C23H29ClN2O/c1-6-26(7-2)21-14-13-19(16-20(21)24)25-22(27)15-10-17-8-11-18(12-9-17)23(3,4)5/h8-16H,6-7H2,1-5H3,(H,25,27). The Morgan fingerprint density at radius 1 is 1.07 bits per heavy atom. The van der Waals surface area contributed by atoms with Gasteiger partial charge in [-0.25, -0.2) is 0 Å². The van der Waals surface area contributed by atoms with Crippen molar-refractivity contribution >= 4 is 35.0 Å². The second-order valence-corrected chi connectivity index (χ2v) is 7.94. The van der Waals surface area contributed by atoms with Gasteiger partial charge in [0.2, 0.25) is 5.91 Å². The van der Waals surface area contributed by atoms with Crippen LogP contribution in [0.1, 0.15) is 45.7 Å². The zero-order valence-electron chi connectivity index (χ0n) is 16.8. The third-order valence-corrected chi connectivity index (χ3v) is 4.83. The Kier molecular flexibility index (Phi) is 7.09. The molecule has 0 aliphatic heterocycles. The van der Waals surface area contributed by atoms with Crippen molar-refractivity contribution in [1.29, 1.82) is 0 Å². The van der Waals surface area contributed by atoms with Crippen LogP contribution in [-0.4, -0.2) is 19.0 Å². The number of carbonyl (C=O) groups excluding carboxylic acids is 1. The molecule has 0 aliphatic rings. The zero-order valence-corrected chi connectivity index (χ0v) is 17.6. The number of carbonyl (C=O) groups is 1. The van der Waals surface area contributed by atoms with Gasteiger partial charge in [-0.15, -0.1) is 0 Å². The average Bonchev–Trinajstić information content (AvgIpc) is 2.62. The van der Waals surface area contributed by atoms with Gasteiger partial charge in [-0.05, 0) is 54.7 Å². The average molecular weight is 385 g/mol. The Bertz CT molecular complexity index is 800. The Balaban J connectivity index is 2.03. The highest BCUT2D eigenvalue weighted by Crippen LogP contribution is 2.29. The van der Waals surface area contributed by atoms with Gasteiger partial charge in [0, 0.05) is 24.9 Å². The normalized spacial score (nSPS) is 11.6. The van der Waals surface area contributed by atoms with E-state index in [-0.39, 0.29) is 11.3 Å². The van der Waals surface area contributed by atoms with E-state index in [1.165, 1.54) is 11.6 Å². The quantitative estimate of drug-likeness (QED) is 0.607. The van der Waals surface area contributed by atoms with E-state index in [9.17, 15) is 4.79 Å². The number of nitrogens with zero attached hydrogens (tertiary/aromatic N) is 1. The van der Waals surface area contributed by atoms with Crippen LogP contribution in [0.3, 0.4) is 0 Å². The van der Waals surface area contributed by atoms with Crippen LogP contribution in [0, 0.1) is 0 Å². The molecule has 2 aromatic carbocycles. The van der Waals surface area contributed by atoms with Gasteiger partial charge in [-0.3, -0.25) is 4.79 Å². The molecule has 0 saturated heterocycles. The number of anilines is 2. The molecule has 27 heavy (non-hydrogen) atoms. The number of rotatable bonds is 6. The molecule has 0 bridgehead atoms. The zero-order chi connectivity index (χ0) is 20.0. The first-order valence-corrected chi connectivity index (χ1v) is 9.76. The van der Waals surface area contributed by atoms with Crippen LogP contribution >= 0.6 is 11.6 Å². The Hall–Kier alpha value is -2.26. The topological polar surface area (TPSA) is 32.3 Å². The summed E-state index contributed by atoms with van der Waals surface area (Å²) in [6, 6.07) is 13.9. The van der Waals surface area contributed by atoms with Gasteiger partial charge in [0.15, 0.2) is 0 Å². The van der Waals surface area contributed by atoms with Crippen LogP contribution in [0.4, 0.5) is 11.4 Å². The van der Waals surface area contributed by atoms with Gasteiger partial charge < -0.3 is 10.2 Å². The monoisotopic (exact) mass is 384 g/mol. The van der Waals surface area contributed by atoms with Crippen LogP contribution in [0.15, 0.2) is 48.5 Å². The molecule has 1 N–H and O–H groups in total. The summed E-state index contributed by atoms with van der Waals surface area (Å²) in [6.07, 6.45) is 3.35. The summed E-state index contributed by atoms with van der Waals surface area (Å²) in [5.74, 6) is -0.179. The van der Waals surface area contributed by atoms with Crippen LogP contribution in [0.25, 0.3) is 6.08 Å². The number of hydrogen-bond acceptors (Lipinski definition) is 2. The van der Waals surface area contributed by atoms with Crippen molar-refractivity contribution in [1.82, 2.24) is 0 Å². The first kappa shape index (κ1) is 21.0. The molecule has 1 amide bonds. The van der Waals surface area contributed by atoms with Crippen LogP contribution < -0.4 is 10.2 Å². The van der Waals surface area contributed by atoms with Crippen LogP contribution in [0.2, 0.25) is 5.02 Å². The van der Waals surface area contributed by atoms with Crippen molar-refractivity contribution in [2.24, 2.45) is 0 Å². The predicted octanol–water partition coefficient (Wildman–Crippen LogP) is 6.14. The fraction of sp³-hybridized carbons (Fsp3) is 0.348. The lowest BCUT2D eigenvalue weighted by atomic mass is 9.87. The Morgan fingerprint density at radius 3 is 2.22 bits per heavy atom. The predicted molar refractivity (Wildman–Crippen MR) is 118 cm³/mol. The largest absolute Gasteiger partial charge is 0.371 e. The molecule has 0 unspecified atom stereocenters. The summed E-state index contributed by atoms with van der Waals surface area (Å²) in [6.45, 7) is 12.5. The molecular weight excluding hydrogens is 356 g/mol. The lowest BCUT2D eigenvalue weighted by Crippen LogP contribution is -2.22. The molecule has 2 rings (SSSR count). The van der Waals surface area contributed by atoms with Crippen molar-refractivity contribution in [2.75, 3.05) is 23.3 Å². The summed E-state index contributed by atoms with van der Waals surface area (Å²) in [4.78, 5) is 14.4. The maximum atomic E-state index is 12.2. The maximum absolute atomic E-state index is 12.2. The third-order valence-electron chi connectivity index (χ3n) is 4.52. The molecule has 4 heteroatoms. The molecule has 3 nitrogen and oxygen atoms in total. The minimum Gasteiger partial charge on any atom is -0.371 e. The summed E-state index contributed by atoms with van der Waals surface area (Å²) >= 11 is 6.38. The number of halogens is 1. The fourth-order valence-electron chi connectivity index (χ4n) is 2.86.